The fourth-order valence-electron chi connectivity index (χ4n) is 1.68. The van der Waals surface area contributed by atoms with Gasteiger partial charge in [0.05, 0.1) is 0 Å². The summed E-state index contributed by atoms with van der Waals surface area (Å²) in [7, 11) is 0. The highest BCUT2D eigenvalue weighted by atomic mass is 35.5. The Labute approximate surface area is 118 Å². The number of benzene rings is 2. The summed E-state index contributed by atoms with van der Waals surface area (Å²) in [5, 5.41) is 1.17. The van der Waals surface area contributed by atoms with Crippen molar-refractivity contribution >= 4 is 34.5 Å². The second-order valence-corrected chi connectivity index (χ2v) is 5.34. The van der Waals surface area contributed by atoms with Crippen LogP contribution in [0.5, 0.6) is 0 Å². The van der Waals surface area contributed by atoms with Gasteiger partial charge in [-0.1, -0.05) is 41.6 Å². The van der Waals surface area contributed by atoms with Crippen LogP contribution in [0.2, 0.25) is 5.02 Å². The Morgan fingerprint density at radius 3 is 2.68 bits per heavy atom. The van der Waals surface area contributed by atoms with E-state index in [2.05, 4.69) is 4.98 Å². The summed E-state index contributed by atoms with van der Waals surface area (Å²) >= 11 is 7.25. The minimum Gasteiger partial charge on any atom is -0.431 e. The standard InChI is InChI=1S/C14H9ClFNOS/c15-10-6-4-9(5-7-10)8-19-14-17-13-11(16)2-1-3-12(13)18-14/h1-7H,8H2. The van der Waals surface area contributed by atoms with Crippen molar-refractivity contribution in [1.29, 1.82) is 0 Å². The lowest BCUT2D eigenvalue weighted by molar-refractivity contribution is 0.489. The average molecular weight is 294 g/mol. The first-order chi connectivity index (χ1) is 9.22. The SMILES string of the molecule is Fc1cccc2oc(SCc3ccc(Cl)cc3)nc12. The number of rotatable bonds is 3. The van der Waals surface area contributed by atoms with Gasteiger partial charge in [-0.25, -0.2) is 9.37 Å². The number of halogens is 2. The third-order valence-corrected chi connectivity index (χ3v) is 3.78. The highest BCUT2D eigenvalue weighted by molar-refractivity contribution is 7.98. The molecule has 0 aliphatic carbocycles. The van der Waals surface area contributed by atoms with Gasteiger partial charge in [0.1, 0.15) is 5.52 Å². The Balaban J connectivity index is 1.78. The Hall–Kier alpha value is -1.52. The summed E-state index contributed by atoms with van der Waals surface area (Å²) < 4.78 is 18.9. The molecule has 1 aromatic heterocycles. The first-order valence-electron chi connectivity index (χ1n) is 5.65. The van der Waals surface area contributed by atoms with E-state index in [1.165, 1.54) is 17.8 Å². The van der Waals surface area contributed by atoms with Crippen LogP contribution >= 0.6 is 23.4 Å². The molecule has 0 atom stereocenters. The van der Waals surface area contributed by atoms with E-state index in [1.807, 2.05) is 24.3 Å². The maximum absolute atomic E-state index is 13.5. The molecule has 0 bridgehead atoms. The van der Waals surface area contributed by atoms with E-state index in [1.54, 1.807) is 12.1 Å². The molecule has 0 unspecified atom stereocenters. The Bertz CT molecular complexity index is 711. The van der Waals surface area contributed by atoms with Crippen molar-refractivity contribution in [2.45, 2.75) is 11.0 Å². The monoisotopic (exact) mass is 293 g/mol. The lowest BCUT2D eigenvalue weighted by Crippen LogP contribution is -1.80. The summed E-state index contributed by atoms with van der Waals surface area (Å²) in [5.74, 6) is 0.339. The van der Waals surface area contributed by atoms with Crippen molar-refractivity contribution in [1.82, 2.24) is 4.98 Å². The van der Waals surface area contributed by atoms with E-state index in [-0.39, 0.29) is 11.3 Å². The average Bonchev–Trinajstić information content (AvgIpc) is 2.83. The molecule has 0 saturated carbocycles. The van der Waals surface area contributed by atoms with Gasteiger partial charge >= 0.3 is 0 Å². The van der Waals surface area contributed by atoms with Gasteiger partial charge in [-0.15, -0.1) is 0 Å². The molecule has 3 aromatic rings. The molecule has 1 heterocycles. The molecule has 0 saturated heterocycles. The summed E-state index contributed by atoms with van der Waals surface area (Å²) in [6.45, 7) is 0. The van der Waals surface area contributed by atoms with Crippen molar-refractivity contribution in [2.24, 2.45) is 0 Å². The lowest BCUT2D eigenvalue weighted by atomic mass is 10.2. The highest BCUT2D eigenvalue weighted by Crippen LogP contribution is 2.27. The molecule has 3 rings (SSSR count). The molecule has 5 heteroatoms. The van der Waals surface area contributed by atoms with Crippen LogP contribution in [0.3, 0.4) is 0 Å². The summed E-state index contributed by atoms with van der Waals surface area (Å²) in [6.07, 6.45) is 0. The zero-order valence-corrected chi connectivity index (χ0v) is 11.3. The summed E-state index contributed by atoms with van der Waals surface area (Å²) in [4.78, 5) is 4.14. The first kappa shape index (κ1) is 12.5. The Kier molecular flexibility index (Phi) is 3.44. The molecular weight excluding hydrogens is 285 g/mol. The Morgan fingerprint density at radius 2 is 1.95 bits per heavy atom. The van der Waals surface area contributed by atoms with Crippen molar-refractivity contribution in [2.75, 3.05) is 0 Å². The van der Waals surface area contributed by atoms with Crippen molar-refractivity contribution in [3.8, 4) is 0 Å². The molecule has 96 valence electrons. The van der Waals surface area contributed by atoms with Crippen LogP contribution < -0.4 is 0 Å². The van der Waals surface area contributed by atoms with Gasteiger partial charge in [0.25, 0.3) is 5.22 Å². The number of oxazole rings is 1. The molecule has 0 radical (unpaired) electrons. The molecule has 0 spiro atoms. The fourth-order valence-corrected chi connectivity index (χ4v) is 2.60. The summed E-state index contributed by atoms with van der Waals surface area (Å²) in [6, 6.07) is 12.2. The van der Waals surface area contributed by atoms with Crippen LogP contribution in [0.25, 0.3) is 11.1 Å². The van der Waals surface area contributed by atoms with Gasteiger partial charge in [0, 0.05) is 10.8 Å². The second-order valence-electron chi connectivity index (χ2n) is 3.98. The van der Waals surface area contributed by atoms with Gasteiger partial charge in [-0.2, -0.15) is 0 Å². The van der Waals surface area contributed by atoms with E-state index in [9.17, 15) is 4.39 Å². The molecular formula is C14H9ClFNOS. The molecule has 0 N–H and O–H groups in total. The number of aromatic nitrogens is 1. The lowest BCUT2D eigenvalue weighted by Gasteiger charge is -1.98. The van der Waals surface area contributed by atoms with Gasteiger partial charge < -0.3 is 4.42 Å². The molecule has 0 aliphatic heterocycles. The van der Waals surface area contributed by atoms with E-state index in [0.717, 1.165) is 5.56 Å². The van der Waals surface area contributed by atoms with Crippen molar-refractivity contribution in [3.05, 3.63) is 58.9 Å². The maximum Gasteiger partial charge on any atom is 0.257 e. The number of nitrogens with zero attached hydrogens (tertiary/aromatic N) is 1. The van der Waals surface area contributed by atoms with Gasteiger partial charge in [0.15, 0.2) is 11.4 Å². The van der Waals surface area contributed by atoms with E-state index in [0.29, 0.717) is 21.6 Å². The van der Waals surface area contributed by atoms with Crippen LogP contribution in [0.15, 0.2) is 52.1 Å². The van der Waals surface area contributed by atoms with Crippen LogP contribution in [0.4, 0.5) is 4.39 Å². The molecule has 0 aliphatic rings. The van der Waals surface area contributed by atoms with Crippen LogP contribution in [0.1, 0.15) is 5.56 Å². The molecule has 2 nitrogen and oxygen atoms in total. The topological polar surface area (TPSA) is 26.0 Å². The van der Waals surface area contributed by atoms with Gasteiger partial charge in [-0.3, -0.25) is 0 Å². The Morgan fingerprint density at radius 1 is 1.16 bits per heavy atom. The molecule has 2 aromatic carbocycles. The number of thioether (sulfide) groups is 1. The first-order valence-corrected chi connectivity index (χ1v) is 7.01. The number of fused-ring (bicyclic) bond motifs is 1. The predicted octanol–water partition coefficient (Wildman–Crippen LogP) is 4.91. The number of para-hydroxylation sites is 1. The summed E-state index contributed by atoms with van der Waals surface area (Å²) in [5.41, 5.74) is 1.86. The zero-order chi connectivity index (χ0) is 13.2. The van der Waals surface area contributed by atoms with Crippen LogP contribution in [-0.2, 0) is 5.75 Å². The minimum absolute atomic E-state index is 0.279. The molecule has 19 heavy (non-hydrogen) atoms. The van der Waals surface area contributed by atoms with E-state index >= 15 is 0 Å². The quantitative estimate of drug-likeness (QED) is 0.642. The number of hydrogen-bond acceptors (Lipinski definition) is 3. The number of hydrogen-bond donors (Lipinski definition) is 0. The molecule has 0 amide bonds. The smallest absolute Gasteiger partial charge is 0.257 e. The minimum atomic E-state index is -0.361. The predicted molar refractivity (Wildman–Crippen MR) is 75.0 cm³/mol. The fraction of sp³-hybridized carbons (Fsp3) is 0.0714. The zero-order valence-electron chi connectivity index (χ0n) is 9.77. The van der Waals surface area contributed by atoms with Crippen molar-refractivity contribution < 1.29 is 8.81 Å². The third kappa shape index (κ3) is 2.74. The van der Waals surface area contributed by atoms with E-state index in [4.69, 9.17) is 16.0 Å². The molecule has 0 fully saturated rings. The van der Waals surface area contributed by atoms with E-state index < -0.39 is 0 Å². The van der Waals surface area contributed by atoms with Crippen LogP contribution in [-0.4, -0.2) is 4.98 Å². The normalized spacial score (nSPS) is 11.1. The second kappa shape index (κ2) is 5.23. The largest absolute Gasteiger partial charge is 0.431 e. The van der Waals surface area contributed by atoms with Crippen LogP contribution in [0, 0.1) is 5.82 Å². The van der Waals surface area contributed by atoms with Gasteiger partial charge in [0.2, 0.25) is 0 Å². The third-order valence-electron chi connectivity index (χ3n) is 2.63. The van der Waals surface area contributed by atoms with Crippen molar-refractivity contribution in [3.63, 3.8) is 0 Å². The van der Waals surface area contributed by atoms with Gasteiger partial charge in [-0.05, 0) is 29.8 Å². The maximum atomic E-state index is 13.5. The highest BCUT2D eigenvalue weighted by Gasteiger charge is 2.10.